The SMILES string of the molecule is CCOc1ccc(OCC[C@]23CC[C@](C)(O2)c2c3c(O)n(-c3ccc(C#N)c(C(F)(F)F)c3)c2O)cc1. The molecule has 5 rings (SSSR count). The van der Waals surface area contributed by atoms with Crippen LogP contribution in [0.3, 0.4) is 0 Å². The van der Waals surface area contributed by atoms with Crippen LogP contribution in [0.2, 0.25) is 0 Å². The summed E-state index contributed by atoms with van der Waals surface area (Å²) in [7, 11) is 0. The molecule has 2 bridgehead atoms. The third-order valence-corrected chi connectivity index (χ3v) is 7.13. The van der Waals surface area contributed by atoms with Crippen molar-refractivity contribution in [2.45, 2.75) is 50.5 Å². The summed E-state index contributed by atoms with van der Waals surface area (Å²) in [6.45, 7) is 4.48. The van der Waals surface area contributed by atoms with Crippen LogP contribution in [0, 0.1) is 11.3 Å². The first-order valence-corrected chi connectivity index (χ1v) is 11.9. The van der Waals surface area contributed by atoms with Crippen molar-refractivity contribution in [2.75, 3.05) is 13.2 Å². The Labute approximate surface area is 211 Å². The second-order valence-corrected chi connectivity index (χ2v) is 9.40. The van der Waals surface area contributed by atoms with Gasteiger partial charge in [-0.3, -0.25) is 4.57 Å². The third kappa shape index (κ3) is 3.94. The topological polar surface area (TPSA) is 96.9 Å². The van der Waals surface area contributed by atoms with Crippen molar-refractivity contribution < 1.29 is 37.6 Å². The molecule has 0 radical (unpaired) electrons. The standard InChI is InChI=1S/C27H25F3N2O5/c1-3-35-18-6-8-19(9-7-18)36-13-12-26-11-10-25(2,37-26)21-22(26)24(34)32(23(21)33)17-5-4-16(15-31)20(14-17)27(28,29)30/h4-9,14,33-34H,3,10-13H2,1-2H3/t25-,26-/m0/s1. The number of alkyl halides is 3. The number of halogens is 3. The molecule has 3 aromatic rings. The summed E-state index contributed by atoms with van der Waals surface area (Å²) in [6, 6.07) is 11.7. The van der Waals surface area contributed by atoms with Gasteiger partial charge in [0.1, 0.15) is 17.1 Å². The number of hydrogen-bond donors (Lipinski definition) is 2. The van der Waals surface area contributed by atoms with Crippen LogP contribution < -0.4 is 9.47 Å². The molecule has 194 valence electrons. The lowest BCUT2D eigenvalue weighted by atomic mass is 9.78. The van der Waals surface area contributed by atoms with Gasteiger partial charge in [0, 0.05) is 6.42 Å². The number of nitrogens with zero attached hydrogens (tertiary/aromatic N) is 2. The van der Waals surface area contributed by atoms with E-state index in [0.717, 1.165) is 22.4 Å². The van der Waals surface area contributed by atoms with Gasteiger partial charge in [-0.15, -0.1) is 0 Å². The van der Waals surface area contributed by atoms with Crippen molar-refractivity contribution >= 4 is 0 Å². The van der Waals surface area contributed by atoms with Gasteiger partial charge in [-0.2, -0.15) is 18.4 Å². The van der Waals surface area contributed by atoms with Crippen LogP contribution in [0.1, 0.15) is 55.4 Å². The number of ether oxygens (including phenoxy) is 3. The van der Waals surface area contributed by atoms with Crippen LogP contribution >= 0.6 is 0 Å². The molecule has 0 amide bonds. The van der Waals surface area contributed by atoms with Crippen LogP contribution in [0.25, 0.3) is 5.69 Å². The lowest BCUT2D eigenvalue weighted by Crippen LogP contribution is -2.25. The minimum Gasteiger partial charge on any atom is -0.494 e. The first-order valence-electron chi connectivity index (χ1n) is 11.9. The fraction of sp³-hybridized carbons (Fsp3) is 0.370. The number of hydrogen-bond acceptors (Lipinski definition) is 6. The van der Waals surface area contributed by atoms with E-state index in [1.54, 1.807) is 31.2 Å². The minimum atomic E-state index is -4.78. The van der Waals surface area contributed by atoms with Crippen LogP contribution in [0.4, 0.5) is 13.2 Å². The Morgan fingerprint density at radius 2 is 1.68 bits per heavy atom. The Bertz CT molecular complexity index is 1390. The monoisotopic (exact) mass is 514 g/mol. The first kappa shape index (κ1) is 24.8. The second-order valence-electron chi connectivity index (χ2n) is 9.40. The zero-order chi connectivity index (χ0) is 26.6. The minimum absolute atomic E-state index is 0.112. The lowest BCUT2D eigenvalue weighted by Gasteiger charge is -2.26. The number of benzene rings is 2. The molecule has 0 saturated carbocycles. The number of aromatic hydroxyl groups is 2. The predicted octanol–water partition coefficient (Wildman–Crippen LogP) is 5.88. The van der Waals surface area contributed by atoms with Crippen molar-refractivity contribution in [1.29, 1.82) is 5.26 Å². The third-order valence-electron chi connectivity index (χ3n) is 7.13. The average molecular weight is 515 g/mol. The zero-order valence-electron chi connectivity index (χ0n) is 20.2. The average Bonchev–Trinajstić information content (AvgIpc) is 3.44. The summed E-state index contributed by atoms with van der Waals surface area (Å²) in [4.78, 5) is 0. The molecule has 1 fully saturated rings. The molecule has 2 aliphatic heterocycles. The summed E-state index contributed by atoms with van der Waals surface area (Å²) >= 11 is 0. The predicted molar refractivity (Wildman–Crippen MR) is 126 cm³/mol. The van der Waals surface area contributed by atoms with Gasteiger partial charge in [-0.25, -0.2) is 0 Å². The van der Waals surface area contributed by atoms with E-state index in [1.165, 1.54) is 12.1 Å². The molecule has 2 N–H and O–H groups in total. The first-order chi connectivity index (χ1) is 17.5. The molecule has 1 aromatic heterocycles. The fourth-order valence-corrected chi connectivity index (χ4v) is 5.49. The van der Waals surface area contributed by atoms with Crippen LogP contribution in [-0.2, 0) is 22.1 Å². The van der Waals surface area contributed by atoms with Gasteiger partial charge in [0.25, 0.3) is 0 Å². The normalized spacial score (nSPS) is 22.1. The molecule has 2 atom stereocenters. The molecule has 0 spiro atoms. The maximum Gasteiger partial charge on any atom is 0.417 e. The smallest absolute Gasteiger partial charge is 0.417 e. The van der Waals surface area contributed by atoms with Crippen molar-refractivity contribution in [2.24, 2.45) is 0 Å². The maximum absolute atomic E-state index is 13.6. The summed E-state index contributed by atoms with van der Waals surface area (Å²) in [5.41, 5.74) is -2.98. The molecule has 2 aliphatic rings. The molecule has 0 aliphatic carbocycles. The van der Waals surface area contributed by atoms with E-state index in [0.29, 0.717) is 42.7 Å². The Hall–Kier alpha value is -3.84. The van der Waals surface area contributed by atoms with Gasteiger partial charge in [-0.1, -0.05) is 0 Å². The highest BCUT2D eigenvalue weighted by Crippen LogP contribution is 2.65. The summed E-state index contributed by atoms with van der Waals surface area (Å²) < 4.78 is 59.4. The Morgan fingerprint density at radius 3 is 2.30 bits per heavy atom. The van der Waals surface area contributed by atoms with E-state index in [-0.39, 0.29) is 18.2 Å². The van der Waals surface area contributed by atoms with Crippen molar-refractivity contribution in [3.63, 3.8) is 0 Å². The maximum atomic E-state index is 13.6. The van der Waals surface area contributed by atoms with E-state index >= 15 is 0 Å². The van der Waals surface area contributed by atoms with Crippen molar-refractivity contribution in [1.82, 2.24) is 4.57 Å². The van der Waals surface area contributed by atoms with Crippen LogP contribution in [0.5, 0.6) is 23.3 Å². The fourth-order valence-electron chi connectivity index (χ4n) is 5.49. The van der Waals surface area contributed by atoms with Gasteiger partial charge in [0.2, 0.25) is 11.8 Å². The Morgan fingerprint density at radius 1 is 1.03 bits per heavy atom. The highest BCUT2D eigenvalue weighted by molar-refractivity contribution is 5.62. The van der Waals surface area contributed by atoms with Crippen LogP contribution in [-0.4, -0.2) is 28.0 Å². The molecule has 3 heterocycles. The van der Waals surface area contributed by atoms with Gasteiger partial charge >= 0.3 is 6.18 Å². The van der Waals surface area contributed by atoms with Gasteiger partial charge < -0.3 is 24.4 Å². The Kier molecular flexibility index (Phi) is 5.79. The molecule has 37 heavy (non-hydrogen) atoms. The van der Waals surface area contributed by atoms with Crippen molar-refractivity contribution in [3.8, 4) is 35.0 Å². The molecular formula is C27H25F3N2O5. The van der Waals surface area contributed by atoms with E-state index < -0.39 is 34.4 Å². The summed E-state index contributed by atoms with van der Waals surface area (Å²) in [5.74, 6) is 0.569. The van der Waals surface area contributed by atoms with E-state index in [4.69, 9.17) is 19.5 Å². The molecule has 0 unspecified atom stereocenters. The number of rotatable bonds is 7. The lowest BCUT2D eigenvalue weighted by molar-refractivity contribution is -0.137. The van der Waals surface area contributed by atoms with Gasteiger partial charge in [0.15, 0.2) is 0 Å². The molecule has 7 nitrogen and oxygen atoms in total. The van der Waals surface area contributed by atoms with E-state index in [2.05, 4.69) is 0 Å². The van der Waals surface area contributed by atoms with E-state index in [9.17, 15) is 23.4 Å². The quantitative estimate of drug-likeness (QED) is 0.409. The van der Waals surface area contributed by atoms with Gasteiger partial charge in [-0.05, 0) is 69.2 Å². The van der Waals surface area contributed by atoms with Crippen LogP contribution in [0.15, 0.2) is 42.5 Å². The van der Waals surface area contributed by atoms with E-state index in [1.807, 2.05) is 6.92 Å². The molecule has 2 aromatic carbocycles. The summed E-state index contributed by atoms with van der Waals surface area (Å²) in [5, 5.41) is 31.4. The highest BCUT2D eigenvalue weighted by atomic mass is 19.4. The van der Waals surface area contributed by atoms with Gasteiger partial charge in [0.05, 0.1) is 52.8 Å². The molecule has 10 heteroatoms. The highest BCUT2D eigenvalue weighted by Gasteiger charge is 2.61. The largest absolute Gasteiger partial charge is 0.494 e. The van der Waals surface area contributed by atoms with Crippen molar-refractivity contribution in [3.05, 3.63) is 64.7 Å². The number of fused-ring (bicyclic) bond motifs is 5. The second kappa shape index (κ2) is 8.63. The number of nitriles is 1. The summed E-state index contributed by atoms with van der Waals surface area (Å²) in [6.07, 6.45) is -3.33. The zero-order valence-corrected chi connectivity index (χ0v) is 20.2. The number of aromatic nitrogens is 1. The Balaban J connectivity index is 1.47. The molecule has 1 saturated heterocycles. The molecular weight excluding hydrogens is 489 g/mol.